The lowest BCUT2D eigenvalue weighted by Crippen LogP contribution is -2.27. The summed E-state index contributed by atoms with van der Waals surface area (Å²) < 4.78 is 17.1. The SMILES string of the molecule is COC1CC=C(c2coc3c4c(cc(O)c3c2=O)OC(C)(C)C=C4)CC1. The highest BCUT2D eigenvalue weighted by molar-refractivity contribution is 5.94. The number of phenols is 1. The minimum atomic E-state index is -0.474. The summed E-state index contributed by atoms with van der Waals surface area (Å²) in [6, 6.07) is 1.50. The van der Waals surface area contributed by atoms with Crippen molar-refractivity contribution < 1.29 is 19.0 Å². The van der Waals surface area contributed by atoms with Crippen molar-refractivity contribution in [2.24, 2.45) is 0 Å². The van der Waals surface area contributed by atoms with Gasteiger partial charge in [-0.05, 0) is 50.8 Å². The standard InChI is InChI=1S/C21H22O5/c1-21(2)9-8-14-17(26-21)10-16(22)18-19(23)15(11-25-20(14)18)12-4-6-13(24-3)7-5-12/h4,8-11,13,22H,5-7H2,1-3H3. The summed E-state index contributed by atoms with van der Waals surface area (Å²) >= 11 is 0. The second-order valence-electron chi connectivity index (χ2n) is 7.39. The largest absolute Gasteiger partial charge is 0.507 e. The first kappa shape index (κ1) is 16.9. The molecule has 1 N–H and O–H groups in total. The molecule has 1 aromatic carbocycles. The maximum absolute atomic E-state index is 13.1. The molecule has 0 bridgehead atoms. The lowest BCUT2D eigenvalue weighted by Gasteiger charge is -2.28. The van der Waals surface area contributed by atoms with Gasteiger partial charge in [0.2, 0.25) is 5.43 Å². The van der Waals surface area contributed by atoms with Gasteiger partial charge in [0, 0.05) is 13.2 Å². The van der Waals surface area contributed by atoms with E-state index < -0.39 is 5.60 Å². The normalized spacial score (nSPS) is 21.2. The smallest absolute Gasteiger partial charge is 0.203 e. The molecule has 1 unspecified atom stereocenters. The molecule has 0 saturated carbocycles. The van der Waals surface area contributed by atoms with Crippen molar-refractivity contribution in [3.63, 3.8) is 0 Å². The van der Waals surface area contributed by atoms with Gasteiger partial charge in [0.05, 0.1) is 17.2 Å². The van der Waals surface area contributed by atoms with Gasteiger partial charge < -0.3 is 19.0 Å². The van der Waals surface area contributed by atoms with Gasteiger partial charge in [0.15, 0.2) is 5.58 Å². The zero-order chi connectivity index (χ0) is 18.5. The minimum absolute atomic E-state index is 0.119. The zero-order valence-corrected chi connectivity index (χ0v) is 15.2. The molecule has 1 aromatic heterocycles. The number of methoxy groups -OCH3 is 1. The van der Waals surface area contributed by atoms with Crippen LogP contribution in [0.5, 0.6) is 11.5 Å². The molecule has 2 heterocycles. The van der Waals surface area contributed by atoms with Crippen LogP contribution in [-0.2, 0) is 4.74 Å². The molecule has 4 rings (SSSR count). The second-order valence-corrected chi connectivity index (χ2v) is 7.39. The number of phenolic OH excluding ortho intramolecular Hbond substituents is 1. The molecule has 5 heteroatoms. The number of ether oxygens (including phenoxy) is 2. The van der Waals surface area contributed by atoms with E-state index in [1.807, 2.05) is 32.1 Å². The van der Waals surface area contributed by atoms with Crippen LogP contribution in [0.1, 0.15) is 44.2 Å². The van der Waals surface area contributed by atoms with Crippen LogP contribution in [0.4, 0.5) is 0 Å². The molecule has 5 nitrogen and oxygen atoms in total. The molecule has 1 aliphatic heterocycles. The lowest BCUT2D eigenvalue weighted by molar-refractivity contribution is 0.0964. The van der Waals surface area contributed by atoms with Gasteiger partial charge in [-0.2, -0.15) is 0 Å². The van der Waals surface area contributed by atoms with E-state index in [0.717, 1.165) is 24.8 Å². The van der Waals surface area contributed by atoms with Crippen molar-refractivity contribution in [3.8, 4) is 11.5 Å². The molecule has 2 aliphatic rings. The first-order valence-corrected chi connectivity index (χ1v) is 8.81. The third-order valence-corrected chi connectivity index (χ3v) is 5.09. The molecule has 0 fully saturated rings. The second kappa shape index (κ2) is 6.02. The highest BCUT2D eigenvalue weighted by Gasteiger charge is 2.27. The molecule has 2 aromatic rings. The third-order valence-electron chi connectivity index (χ3n) is 5.09. The van der Waals surface area contributed by atoms with Crippen LogP contribution >= 0.6 is 0 Å². The van der Waals surface area contributed by atoms with Crippen molar-refractivity contribution in [3.05, 3.63) is 45.8 Å². The van der Waals surface area contributed by atoms with Gasteiger partial charge in [-0.25, -0.2) is 0 Å². The van der Waals surface area contributed by atoms with Crippen LogP contribution in [-0.4, -0.2) is 23.9 Å². The van der Waals surface area contributed by atoms with Gasteiger partial charge in [-0.15, -0.1) is 0 Å². The monoisotopic (exact) mass is 354 g/mol. The number of fused-ring (bicyclic) bond motifs is 3. The molecule has 0 radical (unpaired) electrons. The van der Waals surface area contributed by atoms with E-state index in [1.165, 1.54) is 12.3 Å². The minimum Gasteiger partial charge on any atom is -0.507 e. The van der Waals surface area contributed by atoms with Gasteiger partial charge in [0.1, 0.15) is 28.7 Å². The molecule has 1 aliphatic carbocycles. The first-order valence-electron chi connectivity index (χ1n) is 8.81. The van der Waals surface area contributed by atoms with Crippen molar-refractivity contribution in [2.75, 3.05) is 7.11 Å². The molecular weight excluding hydrogens is 332 g/mol. The molecule has 1 atom stereocenters. The van der Waals surface area contributed by atoms with E-state index in [1.54, 1.807) is 7.11 Å². The number of hydrogen-bond donors (Lipinski definition) is 1. The quantitative estimate of drug-likeness (QED) is 0.872. The van der Waals surface area contributed by atoms with E-state index in [0.29, 0.717) is 22.5 Å². The van der Waals surface area contributed by atoms with E-state index in [9.17, 15) is 9.90 Å². The number of rotatable bonds is 2. The predicted molar refractivity (Wildman–Crippen MR) is 101 cm³/mol. The van der Waals surface area contributed by atoms with Crippen LogP contribution in [0.3, 0.4) is 0 Å². The third kappa shape index (κ3) is 2.72. The van der Waals surface area contributed by atoms with Crippen LogP contribution in [0.25, 0.3) is 22.6 Å². The van der Waals surface area contributed by atoms with E-state index in [2.05, 4.69) is 0 Å². The zero-order valence-electron chi connectivity index (χ0n) is 15.2. The molecular formula is C21H22O5. The molecule has 26 heavy (non-hydrogen) atoms. The number of aromatic hydroxyl groups is 1. The summed E-state index contributed by atoms with van der Waals surface area (Å²) in [4.78, 5) is 13.1. The van der Waals surface area contributed by atoms with E-state index >= 15 is 0 Å². The fourth-order valence-corrected chi connectivity index (χ4v) is 3.62. The van der Waals surface area contributed by atoms with Crippen molar-refractivity contribution in [2.45, 2.75) is 44.8 Å². The Bertz CT molecular complexity index is 994. The van der Waals surface area contributed by atoms with Gasteiger partial charge in [-0.3, -0.25) is 4.79 Å². The number of allylic oxidation sites excluding steroid dienone is 1. The highest BCUT2D eigenvalue weighted by Crippen LogP contribution is 2.40. The summed E-state index contributed by atoms with van der Waals surface area (Å²) in [5.41, 5.74) is 1.79. The fourth-order valence-electron chi connectivity index (χ4n) is 3.62. The van der Waals surface area contributed by atoms with Gasteiger partial charge >= 0.3 is 0 Å². The van der Waals surface area contributed by atoms with Crippen LogP contribution < -0.4 is 10.2 Å². The predicted octanol–water partition coefficient (Wildman–Crippen LogP) is 4.27. The maximum atomic E-state index is 13.1. The average Bonchev–Trinajstić information content (AvgIpc) is 2.61. The van der Waals surface area contributed by atoms with Gasteiger partial charge in [-0.1, -0.05) is 6.08 Å². The Morgan fingerprint density at radius 1 is 1.35 bits per heavy atom. The number of benzene rings is 1. The van der Waals surface area contributed by atoms with Crippen molar-refractivity contribution in [1.82, 2.24) is 0 Å². The molecule has 136 valence electrons. The number of hydrogen-bond acceptors (Lipinski definition) is 5. The highest BCUT2D eigenvalue weighted by atomic mass is 16.5. The summed E-state index contributed by atoms with van der Waals surface area (Å²) in [6.45, 7) is 3.85. The summed E-state index contributed by atoms with van der Waals surface area (Å²) in [5.74, 6) is 0.393. The van der Waals surface area contributed by atoms with Crippen LogP contribution in [0.15, 0.2) is 33.7 Å². The fraction of sp³-hybridized carbons (Fsp3) is 0.381. The van der Waals surface area contributed by atoms with E-state index in [-0.39, 0.29) is 22.7 Å². The topological polar surface area (TPSA) is 68.9 Å². The summed E-state index contributed by atoms with van der Waals surface area (Å²) in [5, 5.41) is 10.7. The van der Waals surface area contributed by atoms with E-state index in [4.69, 9.17) is 13.9 Å². The molecule has 0 amide bonds. The van der Waals surface area contributed by atoms with Crippen molar-refractivity contribution >= 4 is 22.6 Å². The summed E-state index contributed by atoms with van der Waals surface area (Å²) in [7, 11) is 1.70. The maximum Gasteiger partial charge on any atom is 0.203 e. The Balaban J connectivity index is 1.86. The molecule has 0 saturated heterocycles. The molecule has 0 spiro atoms. The summed E-state index contributed by atoms with van der Waals surface area (Å²) in [6.07, 6.45) is 9.89. The van der Waals surface area contributed by atoms with Gasteiger partial charge in [0.25, 0.3) is 0 Å². The Labute approximate surface area is 151 Å². The Morgan fingerprint density at radius 2 is 2.15 bits per heavy atom. The first-order chi connectivity index (χ1) is 12.4. The van der Waals surface area contributed by atoms with Crippen LogP contribution in [0.2, 0.25) is 0 Å². The Hall–Kier alpha value is -2.53. The average molecular weight is 354 g/mol. The Morgan fingerprint density at radius 3 is 2.85 bits per heavy atom. The van der Waals surface area contributed by atoms with Crippen LogP contribution in [0, 0.1) is 0 Å². The lowest BCUT2D eigenvalue weighted by atomic mass is 9.91. The van der Waals surface area contributed by atoms with Crippen molar-refractivity contribution in [1.29, 1.82) is 0 Å². The Kier molecular flexibility index (Phi) is 3.92.